The predicted molar refractivity (Wildman–Crippen MR) is 140 cm³/mol. The summed E-state index contributed by atoms with van der Waals surface area (Å²) in [4.78, 5) is 19.5. The van der Waals surface area contributed by atoms with E-state index in [-0.39, 0.29) is 17.4 Å². The number of rotatable bonds is 4. The molecule has 36 heavy (non-hydrogen) atoms. The van der Waals surface area contributed by atoms with E-state index in [9.17, 15) is 9.90 Å². The van der Waals surface area contributed by atoms with Crippen LogP contribution in [0.3, 0.4) is 0 Å². The third kappa shape index (κ3) is 3.63. The highest BCUT2D eigenvalue weighted by Crippen LogP contribution is 2.41. The van der Waals surface area contributed by atoms with Gasteiger partial charge in [-0.3, -0.25) is 9.36 Å². The van der Waals surface area contributed by atoms with Gasteiger partial charge in [-0.2, -0.15) is 0 Å². The molecule has 1 aliphatic carbocycles. The standard InChI is InChI=1S/C29H24N2O4S/c1-34-20-8-5-7-19(16-20)27-22-12-11-18-6-3-4-9-21(18)26(22)30-29-31(27)28(33)25(36-29)15-17-10-13-24(35-2)23(32)14-17/h3-10,13-16,27,32H,11-12H2,1-2H3/b25-15-/t27-/m1/s1. The molecule has 2 heterocycles. The summed E-state index contributed by atoms with van der Waals surface area (Å²) >= 11 is 1.36. The van der Waals surface area contributed by atoms with Gasteiger partial charge in [-0.15, -0.1) is 0 Å². The number of methoxy groups -OCH3 is 2. The SMILES string of the molecule is COc1cccc([C@@H]2C3=C(N=c4s/c(=C\c5ccc(OC)c(O)c5)c(=O)n42)c2ccccc2CC3)c1. The molecule has 180 valence electrons. The molecule has 6 rings (SSSR count). The molecule has 1 aromatic heterocycles. The van der Waals surface area contributed by atoms with Gasteiger partial charge >= 0.3 is 0 Å². The second kappa shape index (κ2) is 8.84. The van der Waals surface area contributed by atoms with Crippen molar-refractivity contribution in [1.29, 1.82) is 0 Å². The summed E-state index contributed by atoms with van der Waals surface area (Å²) in [6.07, 6.45) is 3.52. The number of benzene rings is 3. The molecule has 0 saturated carbocycles. The van der Waals surface area contributed by atoms with Crippen molar-refractivity contribution in [3.8, 4) is 17.2 Å². The number of hydrogen-bond acceptors (Lipinski definition) is 6. The Bertz CT molecular complexity index is 1710. The van der Waals surface area contributed by atoms with E-state index in [0.717, 1.165) is 41.0 Å². The van der Waals surface area contributed by atoms with Gasteiger partial charge in [0.05, 0.1) is 30.5 Å². The predicted octanol–water partition coefficient (Wildman–Crippen LogP) is 4.04. The Kier molecular flexibility index (Phi) is 5.49. The van der Waals surface area contributed by atoms with Crippen molar-refractivity contribution in [2.45, 2.75) is 18.9 Å². The maximum atomic E-state index is 13.8. The van der Waals surface area contributed by atoms with E-state index in [1.165, 1.54) is 24.0 Å². The minimum atomic E-state index is -0.272. The van der Waals surface area contributed by atoms with Crippen molar-refractivity contribution < 1.29 is 14.6 Å². The van der Waals surface area contributed by atoms with Crippen LogP contribution in [0.15, 0.2) is 82.1 Å². The van der Waals surface area contributed by atoms with Gasteiger partial charge in [0.1, 0.15) is 5.75 Å². The molecule has 0 radical (unpaired) electrons. The van der Waals surface area contributed by atoms with Gasteiger partial charge < -0.3 is 14.6 Å². The molecule has 1 atom stereocenters. The fourth-order valence-electron chi connectivity index (χ4n) is 5.08. The quantitative estimate of drug-likeness (QED) is 0.463. The van der Waals surface area contributed by atoms with Crippen molar-refractivity contribution in [1.82, 2.24) is 4.57 Å². The molecule has 0 amide bonds. The lowest BCUT2D eigenvalue weighted by Gasteiger charge is -2.31. The monoisotopic (exact) mass is 496 g/mol. The normalized spacial score (nSPS) is 16.6. The minimum Gasteiger partial charge on any atom is -0.504 e. The molecule has 0 bridgehead atoms. The van der Waals surface area contributed by atoms with Crippen LogP contribution in [0.1, 0.15) is 34.7 Å². The first kappa shape index (κ1) is 22.4. The molecule has 2 aliphatic rings. The van der Waals surface area contributed by atoms with E-state index < -0.39 is 0 Å². The van der Waals surface area contributed by atoms with E-state index in [2.05, 4.69) is 18.2 Å². The third-order valence-corrected chi connectivity index (χ3v) is 7.77. The van der Waals surface area contributed by atoms with Gasteiger partial charge in [-0.1, -0.05) is 53.8 Å². The van der Waals surface area contributed by atoms with Crippen molar-refractivity contribution in [2.24, 2.45) is 4.99 Å². The summed E-state index contributed by atoms with van der Waals surface area (Å²) in [6.45, 7) is 0. The molecule has 4 aromatic rings. The van der Waals surface area contributed by atoms with Crippen LogP contribution in [0, 0.1) is 0 Å². The smallest absolute Gasteiger partial charge is 0.271 e. The lowest BCUT2D eigenvalue weighted by atomic mass is 9.83. The number of ether oxygens (including phenoxy) is 2. The van der Waals surface area contributed by atoms with Crippen molar-refractivity contribution in [3.05, 3.63) is 114 Å². The minimum absolute atomic E-state index is 0.0281. The molecule has 0 spiro atoms. The van der Waals surface area contributed by atoms with Gasteiger partial charge in [0.25, 0.3) is 5.56 Å². The van der Waals surface area contributed by atoms with Crippen LogP contribution >= 0.6 is 11.3 Å². The zero-order valence-corrected chi connectivity index (χ0v) is 20.7. The first-order valence-corrected chi connectivity index (χ1v) is 12.5. The number of nitrogens with zero attached hydrogens (tertiary/aromatic N) is 2. The number of fused-ring (bicyclic) bond motifs is 3. The third-order valence-electron chi connectivity index (χ3n) is 6.78. The van der Waals surface area contributed by atoms with Gasteiger partial charge in [0, 0.05) is 5.56 Å². The average molecular weight is 497 g/mol. The van der Waals surface area contributed by atoms with Crippen LogP contribution in [0.5, 0.6) is 17.2 Å². The highest BCUT2D eigenvalue weighted by Gasteiger charge is 2.32. The maximum Gasteiger partial charge on any atom is 0.271 e. The highest BCUT2D eigenvalue weighted by atomic mass is 32.1. The number of aromatic nitrogens is 1. The van der Waals surface area contributed by atoms with E-state index in [4.69, 9.17) is 14.5 Å². The van der Waals surface area contributed by atoms with Crippen LogP contribution in [0.4, 0.5) is 0 Å². The lowest BCUT2D eigenvalue weighted by Crippen LogP contribution is -2.38. The van der Waals surface area contributed by atoms with Crippen molar-refractivity contribution in [2.75, 3.05) is 14.2 Å². The van der Waals surface area contributed by atoms with Crippen LogP contribution < -0.4 is 24.4 Å². The Balaban J connectivity index is 1.60. The van der Waals surface area contributed by atoms with E-state index >= 15 is 0 Å². The molecule has 0 fully saturated rings. The van der Waals surface area contributed by atoms with Crippen LogP contribution in [-0.2, 0) is 6.42 Å². The Morgan fingerprint density at radius 3 is 2.69 bits per heavy atom. The van der Waals surface area contributed by atoms with Crippen LogP contribution in [0.25, 0.3) is 11.8 Å². The summed E-state index contributed by atoms with van der Waals surface area (Å²) in [6, 6.07) is 21.1. The second-order valence-corrected chi connectivity index (χ2v) is 9.83. The molecule has 0 unspecified atom stereocenters. The molecule has 1 N–H and O–H groups in total. The summed E-state index contributed by atoms with van der Waals surface area (Å²) < 4.78 is 13.0. The molecular formula is C29H24N2O4S. The Morgan fingerprint density at radius 2 is 1.89 bits per heavy atom. The number of allylic oxidation sites excluding steroid dienone is 1. The number of phenolic OH excluding ortho intramolecular Hbond substituents is 1. The number of hydrogen-bond donors (Lipinski definition) is 1. The molecule has 6 nitrogen and oxygen atoms in total. The Labute approximate surface area is 211 Å². The number of aromatic hydroxyl groups is 1. The zero-order chi connectivity index (χ0) is 24.8. The number of phenols is 1. The highest BCUT2D eigenvalue weighted by molar-refractivity contribution is 7.07. The summed E-state index contributed by atoms with van der Waals surface area (Å²) in [7, 11) is 3.15. The average Bonchev–Trinajstić information content (AvgIpc) is 3.21. The fourth-order valence-corrected chi connectivity index (χ4v) is 6.08. The topological polar surface area (TPSA) is 73.1 Å². The van der Waals surface area contributed by atoms with Gasteiger partial charge in [0.2, 0.25) is 0 Å². The van der Waals surface area contributed by atoms with Crippen molar-refractivity contribution in [3.63, 3.8) is 0 Å². The second-order valence-electron chi connectivity index (χ2n) is 8.82. The molecule has 3 aromatic carbocycles. The molecular weight excluding hydrogens is 472 g/mol. The van der Waals surface area contributed by atoms with Gasteiger partial charge in [0.15, 0.2) is 16.3 Å². The van der Waals surface area contributed by atoms with Crippen LogP contribution in [-0.4, -0.2) is 23.9 Å². The lowest BCUT2D eigenvalue weighted by molar-refractivity contribution is 0.373. The molecule has 7 heteroatoms. The number of thiazole rings is 1. The molecule has 1 aliphatic heterocycles. The summed E-state index contributed by atoms with van der Waals surface area (Å²) in [5, 5.41) is 10.2. The first-order valence-electron chi connectivity index (χ1n) is 11.7. The largest absolute Gasteiger partial charge is 0.504 e. The summed E-state index contributed by atoms with van der Waals surface area (Å²) in [5.74, 6) is 1.16. The first-order chi connectivity index (χ1) is 17.6. The van der Waals surface area contributed by atoms with Gasteiger partial charge in [-0.05, 0) is 65.4 Å². The van der Waals surface area contributed by atoms with E-state index in [1.807, 2.05) is 36.4 Å². The van der Waals surface area contributed by atoms with Gasteiger partial charge in [-0.25, -0.2) is 4.99 Å². The van der Waals surface area contributed by atoms with E-state index in [1.54, 1.807) is 29.9 Å². The van der Waals surface area contributed by atoms with Crippen LogP contribution in [0.2, 0.25) is 0 Å². The Morgan fingerprint density at radius 1 is 1.03 bits per heavy atom. The van der Waals surface area contributed by atoms with Crippen molar-refractivity contribution >= 4 is 23.1 Å². The fraction of sp³-hybridized carbons (Fsp3) is 0.172. The number of aryl methyl sites for hydroxylation is 1. The molecule has 0 saturated heterocycles. The summed E-state index contributed by atoms with van der Waals surface area (Å²) in [5.41, 5.74) is 6.10. The zero-order valence-electron chi connectivity index (χ0n) is 19.9. The Hall–Kier alpha value is -4.10. The maximum absolute atomic E-state index is 13.8. The van der Waals surface area contributed by atoms with E-state index in [0.29, 0.717) is 20.6 Å².